The summed E-state index contributed by atoms with van der Waals surface area (Å²) in [5.74, 6) is -1.09. The Bertz CT molecular complexity index is 847. The van der Waals surface area contributed by atoms with Gasteiger partial charge in [-0.25, -0.2) is 0 Å². The molecule has 3 rings (SSSR count). The van der Waals surface area contributed by atoms with Crippen LogP contribution in [0.5, 0.6) is 5.75 Å². The lowest BCUT2D eigenvalue weighted by Gasteiger charge is -2.34. The fourth-order valence-electron chi connectivity index (χ4n) is 3.43. The average Bonchev–Trinajstić information content (AvgIpc) is 2.72. The maximum Gasteiger partial charge on any atom is 0.308 e. The number of hydrogen-bond acceptors (Lipinski definition) is 4. The number of amides is 1. The third kappa shape index (κ3) is 4.76. The summed E-state index contributed by atoms with van der Waals surface area (Å²) < 4.78 is 5.54. The van der Waals surface area contributed by atoms with E-state index in [4.69, 9.17) is 4.74 Å². The van der Waals surface area contributed by atoms with Crippen LogP contribution in [0.1, 0.15) is 29.3 Å². The number of hydrogen-bond donors (Lipinski definition) is 1. The summed E-state index contributed by atoms with van der Waals surface area (Å²) in [6, 6.07) is 15.6. The van der Waals surface area contributed by atoms with E-state index >= 15 is 0 Å². The molecule has 28 heavy (non-hydrogen) atoms. The minimum atomic E-state index is -0.871. The molecule has 2 unspecified atom stereocenters. The molecule has 2 aromatic rings. The summed E-state index contributed by atoms with van der Waals surface area (Å²) in [6.45, 7) is 2.53. The molecule has 6 nitrogen and oxygen atoms in total. The van der Waals surface area contributed by atoms with E-state index in [2.05, 4.69) is 0 Å². The van der Waals surface area contributed by atoms with E-state index < -0.39 is 11.9 Å². The van der Waals surface area contributed by atoms with Gasteiger partial charge in [0.15, 0.2) is 12.4 Å². The smallest absolute Gasteiger partial charge is 0.308 e. The molecule has 1 aliphatic heterocycles. The Morgan fingerprint density at radius 2 is 1.64 bits per heavy atom. The van der Waals surface area contributed by atoms with Crippen LogP contribution in [0.25, 0.3) is 0 Å². The van der Waals surface area contributed by atoms with E-state index in [1.165, 1.54) is 0 Å². The van der Waals surface area contributed by atoms with Gasteiger partial charge in [0.05, 0.1) is 5.92 Å². The Balaban J connectivity index is 1.56. The summed E-state index contributed by atoms with van der Waals surface area (Å²) in [5.41, 5.74) is 1.15. The number of carbonyl (C=O) groups is 3. The van der Waals surface area contributed by atoms with Crippen LogP contribution in [-0.4, -0.2) is 47.4 Å². The Hall–Kier alpha value is -3.15. The minimum Gasteiger partial charge on any atom is -0.484 e. The lowest BCUT2D eigenvalue weighted by atomic mass is 9.90. The van der Waals surface area contributed by atoms with Crippen LogP contribution in [0, 0.1) is 11.8 Å². The van der Waals surface area contributed by atoms with Gasteiger partial charge in [0.25, 0.3) is 5.91 Å². The second-order valence-corrected chi connectivity index (χ2v) is 7.18. The van der Waals surface area contributed by atoms with E-state index in [9.17, 15) is 19.5 Å². The monoisotopic (exact) mass is 381 g/mol. The zero-order valence-electron chi connectivity index (χ0n) is 15.7. The number of likely N-dealkylation sites (tertiary alicyclic amines) is 1. The van der Waals surface area contributed by atoms with Gasteiger partial charge in [-0.2, -0.15) is 0 Å². The van der Waals surface area contributed by atoms with Crippen molar-refractivity contribution in [3.8, 4) is 5.75 Å². The molecule has 0 saturated carbocycles. The molecule has 1 N–H and O–H groups in total. The zero-order valence-corrected chi connectivity index (χ0v) is 15.7. The lowest BCUT2D eigenvalue weighted by molar-refractivity contribution is -0.147. The van der Waals surface area contributed by atoms with Crippen LogP contribution in [-0.2, 0) is 9.59 Å². The molecule has 0 aromatic heterocycles. The van der Waals surface area contributed by atoms with Gasteiger partial charge < -0.3 is 14.7 Å². The quantitative estimate of drug-likeness (QED) is 0.778. The van der Waals surface area contributed by atoms with Crippen LogP contribution in [0.15, 0.2) is 54.6 Å². The molecule has 146 valence electrons. The van der Waals surface area contributed by atoms with Crippen LogP contribution in [0.2, 0.25) is 0 Å². The van der Waals surface area contributed by atoms with Gasteiger partial charge in [-0.1, -0.05) is 37.3 Å². The fourth-order valence-corrected chi connectivity index (χ4v) is 3.43. The van der Waals surface area contributed by atoms with Gasteiger partial charge in [-0.3, -0.25) is 14.4 Å². The van der Waals surface area contributed by atoms with Crippen molar-refractivity contribution in [2.75, 3.05) is 19.7 Å². The highest BCUT2D eigenvalue weighted by atomic mass is 16.5. The predicted octanol–water partition coefficient (Wildman–Crippen LogP) is 2.87. The Labute approximate surface area is 163 Å². The fraction of sp³-hybridized carbons (Fsp3) is 0.318. The molecule has 1 amide bonds. The highest BCUT2D eigenvalue weighted by Crippen LogP contribution is 2.22. The predicted molar refractivity (Wildman–Crippen MR) is 103 cm³/mol. The summed E-state index contributed by atoms with van der Waals surface area (Å²) in [6.07, 6.45) is 0.580. The Morgan fingerprint density at radius 1 is 1.00 bits per heavy atom. The first-order valence-electron chi connectivity index (χ1n) is 9.27. The number of benzene rings is 2. The van der Waals surface area contributed by atoms with Crippen LogP contribution < -0.4 is 4.74 Å². The van der Waals surface area contributed by atoms with Crippen molar-refractivity contribution in [1.29, 1.82) is 0 Å². The number of piperidine rings is 1. The van der Waals surface area contributed by atoms with Gasteiger partial charge in [0, 0.05) is 24.2 Å². The highest BCUT2D eigenvalue weighted by Gasteiger charge is 2.31. The number of carboxylic acids is 1. The Morgan fingerprint density at radius 3 is 2.29 bits per heavy atom. The first kappa shape index (κ1) is 19.6. The SMILES string of the molecule is CC1CC(C(=O)O)CN(C(=O)COc2ccc(C(=O)c3ccccc3)cc2)C1. The van der Waals surface area contributed by atoms with E-state index in [1.54, 1.807) is 41.3 Å². The molecule has 0 spiro atoms. The van der Waals surface area contributed by atoms with Crippen molar-refractivity contribution in [2.24, 2.45) is 11.8 Å². The summed E-state index contributed by atoms with van der Waals surface area (Å²) in [5, 5.41) is 9.22. The van der Waals surface area contributed by atoms with Crippen molar-refractivity contribution in [3.63, 3.8) is 0 Å². The molecule has 2 aromatic carbocycles. The summed E-state index contributed by atoms with van der Waals surface area (Å²) in [4.78, 5) is 37.6. The van der Waals surface area contributed by atoms with Crippen molar-refractivity contribution < 1.29 is 24.2 Å². The number of ketones is 1. The van der Waals surface area contributed by atoms with Gasteiger partial charge in [0.2, 0.25) is 0 Å². The number of carbonyl (C=O) groups excluding carboxylic acids is 2. The van der Waals surface area contributed by atoms with Crippen molar-refractivity contribution in [3.05, 3.63) is 65.7 Å². The Kier molecular flexibility index (Phi) is 6.09. The topological polar surface area (TPSA) is 83.9 Å². The largest absolute Gasteiger partial charge is 0.484 e. The summed E-state index contributed by atoms with van der Waals surface area (Å²) >= 11 is 0. The van der Waals surface area contributed by atoms with Crippen LogP contribution in [0.3, 0.4) is 0 Å². The molecule has 0 bridgehead atoms. The van der Waals surface area contributed by atoms with Crippen LogP contribution >= 0.6 is 0 Å². The maximum atomic E-state index is 12.4. The minimum absolute atomic E-state index is 0.0785. The molecule has 1 heterocycles. The third-order valence-electron chi connectivity index (χ3n) is 4.88. The molecule has 0 aliphatic carbocycles. The van der Waals surface area contributed by atoms with Gasteiger partial charge in [-0.05, 0) is 36.6 Å². The van der Waals surface area contributed by atoms with Gasteiger partial charge in [-0.15, -0.1) is 0 Å². The first-order chi connectivity index (χ1) is 13.4. The molecular formula is C22H23NO5. The summed E-state index contributed by atoms with van der Waals surface area (Å²) in [7, 11) is 0. The molecule has 1 aliphatic rings. The molecule has 1 saturated heterocycles. The van der Waals surface area contributed by atoms with E-state index in [0.29, 0.717) is 29.8 Å². The molecule has 0 radical (unpaired) electrons. The third-order valence-corrected chi connectivity index (χ3v) is 4.88. The average molecular weight is 381 g/mol. The van der Waals surface area contributed by atoms with E-state index in [0.717, 1.165) is 0 Å². The molecular weight excluding hydrogens is 358 g/mol. The first-order valence-corrected chi connectivity index (χ1v) is 9.27. The molecule has 1 fully saturated rings. The maximum absolute atomic E-state index is 12.4. The van der Waals surface area contributed by atoms with Crippen molar-refractivity contribution >= 4 is 17.7 Å². The standard InChI is InChI=1S/C22H23NO5/c1-15-11-18(22(26)27)13-23(12-15)20(24)14-28-19-9-7-17(8-10-19)21(25)16-5-3-2-4-6-16/h2-10,15,18H,11-14H2,1H3,(H,26,27). The van der Waals surface area contributed by atoms with Gasteiger partial charge in [0.1, 0.15) is 5.75 Å². The second-order valence-electron chi connectivity index (χ2n) is 7.18. The lowest BCUT2D eigenvalue weighted by Crippen LogP contribution is -2.47. The number of carboxylic acid groups (broad SMARTS) is 1. The van der Waals surface area contributed by atoms with E-state index in [-0.39, 0.29) is 30.8 Å². The van der Waals surface area contributed by atoms with Crippen molar-refractivity contribution in [2.45, 2.75) is 13.3 Å². The molecule has 6 heteroatoms. The van der Waals surface area contributed by atoms with Crippen LogP contribution in [0.4, 0.5) is 0 Å². The zero-order chi connectivity index (χ0) is 20.1. The second kappa shape index (κ2) is 8.69. The normalized spacial score (nSPS) is 19.1. The molecule has 2 atom stereocenters. The number of aliphatic carboxylic acids is 1. The van der Waals surface area contributed by atoms with E-state index in [1.807, 2.05) is 25.1 Å². The van der Waals surface area contributed by atoms with Crippen molar-refractivity contribution in [1.82, 2.24) is 4.90 Å². The van der Waals surface area contributed by atoms with Gasteiger partial charge >= 0.3 is 5.97 Å². The number of ether oxygens (including phenoxy) is 1. The number of nitrogens with zero attached hydrogens (tertiary/aromatic N) is 1. The highest BCUT2D eigenvalue weighted by molar-refractivity contribution is 6.08. The number of rotatable bonds is 6.